The predicted octanol–water partition coefficient (Wildman–Crippen LogP) is 3.51. The number of rotatable bonds is 2. The van der Waals surface area contributed by atoms with E-state index in [1.165, 1.54) is 0 Å². The van der Waals surface area contributed by atoms with Gasteiger partial charge < -0.3 is 10.2 Å². The van der Waals surface area contributed by atoms with Gasteiger partial charge in [0.25, 0.3) is 0 Å². The lowest BCUT2D eigenvalue weighted by Crippen LogP contribution is -2.01. The molecule has 0 saturated carbocycles. The summed E-state index contributed by atoms with van der Waals surface area (Å²) in [5.41, 5.74) is 1.53. The predicted molar refractivity (Wildman–Crippen MR) is 77.0 cm³/mol. The summed E-state index contributed by atoms with van der Waals surface area (Å²) in [5.74, 6) is -1.13. The van der Waals surface area contributed by atoms with Crippen molar-refractivity contribution in [2.45, 2.75) is 0 Å². The zero-order valence-corrected chi connectivity index (χ0v) is 10.6. The van der Waals surface area contributed by atoms with Crippen LogP contribution in [0.3, 0.4) is 0 Å². The second-order valence-electron chi connectivity index (χ2n) is 4.51. The Balaban J connectivity index is 2.17. The number of Topliss-reactive ketones (excluding diaryl/α,β-unsaturated/α-hetero) is 1. The molecule has 0 aromatic heterocycles. The van der Waals surface area contributed by atoms with Gasteiger partial charge in [-0.2, -0.15) is 0 Å². The maximum Gasteiger partial charge on any atom is 0.232 e. The smallest absolute Gasteiger partial charge is 0.232 e. The number of benzene rings is 2. The molecule has 3 rings (SSSR count). The lowest BCUT2D eigenvalue weighted by atomic mass is 10.0. The number of hydrogen-bond donors (Lipinski definition) is 2. The Hall–Kier alpha value is -2.81. The SMILES string of the molecule is O=C1C(O)=C(c2ccccc2)C(O)=C1c1ccccc1. The molecular formula is C17H12O3. The van der Waals surface area contributed by atoms with Gasteiger partial charge in [-0.25, -0.2) is 0 Å². The van der Waals surface area contributed by atoms with Gasteiger partial charge in [-0.05, 0) is 11.1 Å². The number of allylic oxidation sites excluding steroid dienone is 2. The van der Waals surface area contributed by atoms with E-state index < -0.39 is 11.5 Å². The van der Waals surface area contributed by atoms with Gasteiger partial charge in [0, 0.05) is 0 Å². The normalized spacial score (nSPS) is 15.1. The number of carbonyl (C=O) groups is 1. The molecule has 0 aliphatic heterocycles. The van der Waals surface area contributed by atoms with Crippen molar-refractivity contribution >= 4 is 16.9 Å². The Morgan fingerprint density at radius 2 is 1.05 bits per heavy atom. The van der Waals surface area contributed by atoms with Crippen molar-refractivity contribution in [1.82, 2.24) is 0 Å². The average Bonchev–Trinajstić information content (AvgIpc) is 2.71. The molecular weight excluding hydrogens is 252 g/mol. The minimum atomic E-state index is -0.549. The van der Waals surface area contributed by atoms with E-state index in [0.717, 1.165) is 0 Å². The van der Waals surface area contributed by atoms with Crippen LogP contribution >= 0.6 is 0 Å². The second-order valence-corrected chi connectivity index (χ2v) is 4.51. The quantitative estimate of drug-likeness (QED) is 0.872. The van der Waals surface area contributed by atoms with Gasteiger partial charge in [-0.1, -0.05) is 60.7 Å². The summed E-state index contributed by atoms with van der Waals surface area (Å²) < 4.78 is 0. The summed E-state index contributed by atoms with van der Waals surface area (Å²) in [6.07, 6.45) is 0. The highest BCUT2D eigenvalue weighted by atomic mass is 16.3. The molecule has 2 aromatic rings. The fourth-order valence-electron chi connectivity index (χ4n) is 2.33. The van der Waals surface area contributed by atoms with Crippen molar-refractivity contribution in [2.24, 2.45) is 0 Å². The highest BCUT2D eigenvalue weighted by Gasteiger charge is 2.33. The van der Waals surface area contributed by atoms with Crippen molar-refractivity contribution in [3.8, 4) is 0 Å². The van der Waals surface area contributed by atoms with Crippen molar-refractivity contribution in [2.75, 3.05) is 0 Å². The fourth-order valence-corrected chi connectivity index (χ4v) is 2.33. The van der Waals surface area contributed by atoms with Gasteiger partial charge >= 0.3 is 0 Å². The van der Waals surface area contributed by atoms with E-state index in [0.29, 0.717) is 11.1 Å². The Morgan fingerprint density at radius 3 is 1.55 bits per heavy atom. The van der Waals surface area contributed by atoms with Crippen molar-refractivity contribution in [1.29, 1.82) is 0 Å². The van der Waals surface area contributed by atoms with Gasteiger partial charge in [-0.3, -0.25) is 4.79 Å². The van der Waals surface area contributed by atoms with E-state index in [9.17, 15) is 15.0 Å². The molecule has 0 heterocycles. The molecule has 0 atom stereocenters. The first-order valence-corrected chi connectivity index (χ1v) is 6.22. The lowest BCUT2D eigenvalue weighted by molar-refractivity contribution is -0.112. The first-order chi connectivity index (χ1) is 9.70. The molecule has 0 saturated heterocycles. The first kappa shape index (κ1) is 12.2. The van der Waals surface area contributed by atoms with Crippen LogP contribution in [-0.4, -0.2) is 16.0 Å². The number of hydrogen-bond acceptors (Lipinski definition) is 3. The molecule has 0 radical (unpaired) electrons. The molecule has 2 aromatic carbocycles. The van der Waals surface area contributed by atoms with Gasteiger partial charge in [0.05, 0.1) is 11.1 Å². The Morgan fingerprint density at radius 1 is 0.600 bits per heavy atom. The number of ketones is 1. The monoisotopic (exact) mass is 264 g/mol. The molecule has 0 amide bonds. The molecule has 1 aliphatic carbocycles. The largest absolute Gasteiger partial charge is 0.506 e. The number of aliphatic hydroxyl groups excluding tert-OH is 2. The van der Waals surface area contributed by atoms with Crippen LogP contribution in [-0.2, 0) is 4.79 Å². The number of carbonyl (C=O) groups excluding carboxylic acids is 1. The van der Waals surface area contributed by atoms with Crippen LogP contribution in [0.15, 0.2) is 72.2 Å². The summed E-state index contributed by atoms with van der Waals surface area (Å²) >= 11 is 0. The molecule has 0 bridgehead atoms. The second kappa shape index (κ2) is 4.70. The van der Waals surface area contributed by atoms with Gasteiger partial charge in [0.15, 0.2) is 5.76 Å². The van der Waals surface area contributed by atoms with Gasteiger partial charge in [-0.15, -0.1) is 0 Å². The summed E-state index contributed by atoms with van der Waals surface area (Å²) in [4.78, 5) is 12.2. The van der Waals surface area contributed by atoms with Crippen LogP contribution in [0.1, 0.15) is 11.1 Å². The third kappa shape index (κ3) is 1.80. The molecule has 1 aliphatic rings. The third-order valence-electron chi connectivity index (χ3n) is 3.28. The van der Waals surface area contributed by atoms with Crippen LogP contribution in [0.5, 0.6) is 0 Å². The Kier molecular flexibility index (Phi) is 2.88. The highest BCUT2D eigenvalue weighted by molar-refractivity contribution is 6.36. The van der Waals surface area contributed by atoms with E-state index in [1.54, 1.807) is 48.5 Å². The maximum atomic E-state index is 12.2. The fraction of sp³-hybridized carbons (Fsp3) is 0. The van der Waals surface area contributed by atoms with E-state index in [-0.39, 0.29) is 16.9 Å². The third-order valence-corrected chi connectivity index (χ3v) is 3.28. The van der Waals surface area contributed by atoms with Crippen molar-refractivity contribution < 1.29 is 15.0 Å². The lowest BCUT2D eigenvalue weighted by Gasteiger charge is -2.04. The molecule has 0 fully saturated rings. The molecule has 3 nitrogen and oxygen atoms in total. The minimum absolute atomic E-state index is 0.141. The number of aliphatic hydroxyl groups is 2. The molecule has 0 spiro atoms. The van der Waals surface area contributed by atoms with Crippen LogP contribution in [0, 0.1) is 0 Å². The van der Waals surface area contributed by atoms with Gasteiger partial charge in [0.1, 0.15) is 5.76 Å². The molecule has 20 heavy (non-hydrogen) atoms. The topological polar surface area (TPSA) is 57.5 Å². The summed E-state index contributed by atoms with van der Waals surface area (Å²) in [5, 5.41) is 20.4. The van der Waals surface area contributed by atoms with E-state index in [2.05, 4.69) is 0 Å². The summed E-state index contributed by atoms with van der Waals surface area (Å²) in [6, 6.07) is 17.7. The van der Waals surface area contributed by atoms with Crippen LogP contribution in [0.2, 0.25) is 0 Å². The van der Waals surface area contributed by atoms with E-state index >= 15 is 0 Å². The maximum absolute atomic E-state index is 12.2. The van der Waals surface area contributed by atoms with Crippen LogP contribution < -0.4 is 0 Å². The Bertz CT molecular complexity index is 725. The van der Waals surface area contributed by atoms with Crippen LogP contribution in [0.4, 0.5) is 0 Å². The summed E-state index contributed by atoms with van der Waals surface area (Å²) in [7, 11) is 0. The summed E-state index contributed by atoms with van der Waals surface area (Å²) in [6.45, 7) is 0. The van der Waals surface area contributed by atoms with Gasteiger partial charge in [0.2, 0.25) is 5.78 Å². The van der Waals surface area contributed by atoms with E-state index in [1.807, 2.05) is 12.1 Å². The standard InChI is InChI=1S/C17H12O3/c18-15-13(11-7-3-1-4-8-11)16(19)17(20)14(15)12-9-5-2-6-10-12/h1-10,18H,(H,19,20). The molecule has 98 valence electrons. The van der Waals surface area contributed by atoms with Crippen molar-refractivity contribution in [3.05, 3.63) is 83.3 Å². The molecule has 0 unspecified atom stereocenters. The Labute approximate surface area is 116 Å². The van der Waals surface area contributed by atoms with Crippen LogP contribution in [0.25, 0.3) is 11.1 Å². The average molecular weight is 264 g/mol. The zero-order valence-electron chi connectivity index (χ0n) is 10.6. The van der Waals surface area contributed by atoms with Crippen molar-refractivity contribution in [3.63, 3.8) is 0 Å². The highest BCUT2D eigenvalue weighted by Crippen LogP contribution is 2.38. The first-order valence-electron chi connectivity index (χ1n) is 6.22. The minimum Gasteiger partial charge on any atom is -0.506 e. The molecule has 2 N–H and O–H groups in total. The van der Waals surface area contributed by atoms with E-state index in [4.69, 9.17) is 0 Å². The molecule has 3 heteroatoms. The zero-order chi connectivity index (χ0) is 14.1.